The van der Waals surface area contributed by atoms with E-state index in [1.54, 1.807) is 6.08 Å². The quantitative estimate of drug-likeness (QED) is 0.625. The van der Waals surface area contributed by atoms with Gasteiger partial charge in [0, 0.05) is 17.3 Å². The van der Waals surface area contributed by atoms with Crippen molar-refractivity contribution in [3.8, 4) is 11.3 Å². The predicted molar refractivity (Wildman–Crippen MR) is 105 cm³/mol. The predicted octanol–water partition coefficient (Wildman–Crippen LogP) is 4.63. The molecule has 136 valence electrons. The number of rotatable bonds is 3. The number of benzene rings is 1. The molecule has 1 aliphatic rings. The molecule has 1 aromatic heterocycles. The van der Waals surface area contributed by atoms with Gasteiger partial charge in [-0.1, -0.05) is 36.4 Å². The minimum absolute atomic E-state index is 0.0412. The van der Waals surface area contributed by atoms with Crippen molar-refractivity contribution in [2.75, 3.05) is 0 Å². The molecule has 0 unspecified atom stereocenters. The van der Waals surface area contributed by atoms with Crippen LogP contribution in [0.2, 0.25) is 0 Å². The Hall–Kier alpha value is -2.72. The molecule has 3 rings (SSSR count). The Kier molecular flexibility index (Phi) is 7.30. The summed E-state index contributed by atoms with van der Waals surface area (Å²) in [7, 11) is 0. The lowest BCUT2D eigenvalue weighted by atomic mass is 9.94. The Balaban J connectivity index is 0.000000254. The van der Waals surface area contributed by atoms with Crippen LogP contribution in [-0.4, -0.2) is 27.3 Å². The molecular formula is C22H25NO3. The highest BCUT2D eigenvalue weighted by molar-refractivity contribution is 5.85. The molecule has 4 heteroatoms. The van der Waals surface area contributed by atoms with Gasteiger partial charge >= 0.3 is 5.97 Å². The van der Waals surface area contributed by atoms with Crippen LogP contribution >= 0.6 is 0 Å². The summed E-state index contributed by atoms with van der Waals surface area (Å²) in [4.78, 5) is 14.9. The van der Waals surface area contributed by atoms with Crippen molar-refractivity contribution in [1.82, 2.24) is 4.98 Å². The van der Waals surface area contributed by atoms with Crippen molar-refractivity contribution in [2.45, 2.75) is 38.7 Å². The third-order valence-electron chi connectivity index (χ3n) is 4.15. The summed E-state index contributed by atoms with van der Waals surface area (Å²) in [5, 5.41) is 17.6. The molecule has 0 saturated heterocycles. The first-order valence-corrected chi connectivity index (χ1v) is 8.74. The third kappa shape index (κ3) is 6.65. The van der Waals surface area contributed by atoms with Gasteiger partial charge in [-0.15, -0.1) is 0 Å². The average molecular weight is 351 g/mol. The first-order valence-electron chi connectivity index (χ1n) is 8.74. The van der Waals surface area contributed by atoms with Crippen LogP contribution in [0, 0.1) is 6.92 Å². The summed E-state index contributed by atoms with van der Waals surface area (Å²) >= 11 is 0. The van der Waals surface area contributed by atoms with Crippen LogP contribution in [0.15, 0.2) is 60.7 Å². The van der Waals surface area contributed by atoms with Crippen LogP contribution in [0.3, 0.4) is 0 Å². The number of aryl methyl sites for hydroxylation is 1. The summed E-state index contributed by atoms with van der Waals surface area (Å²) in [6, 6.07) is 13.5. The van der Waals surface area contributed by atoms with E-state index in [0.29, 0.717) is 0 Å². The number of carboxylic acids is 1. The summed E-state index contributed by atoms with van der Waals surface area (Å²) in [6.45, 7) is 5.78. The van der Waals surface area contributed by atoms with Gasteiger partial charge in [-0.05, 0) is 62.4 Å². The Labute approximate surface area is 154 Å². The molecule has 0 radical (unpaired) electrons. The first kappa shape index (κ1) is 19.6. The largest absolute Gasteiger partial charge is 0.478 e. The van der Waals surface area contributed by atoms with Crippen LogP contribution < -0.4 is 0 Å². The van der Waals surface area contributed by atoms with Crippen molar-refractivity contribution >= 4 is 12.0 Å². The van der Waals surface area contributed by atoms with Gasteiger partial charge in [0.2, 0.25) is 0 Å². The third-order valence-corrected chi connectivity index (χ3v) is 4.15. The fourth-order valence-corrected chi connectivity index (χ4v) is 2.68. The second-order valence-corrected chi connectivity index (χ2v) is 6.44. The second kappa shape index (κ2) is 9.68. The monoisotopic (exact) mass is 351 g/mol. The number of carboxylic acid groups (broad SMARTS) is 1. The Morgan fingerprint density at radius 3 is 2.50 bits per heavy atom. The number of aliphatic hydroxyl groups excluding tert-OH is 1. The number of pyridine rings is 1. The number of hydrogen-bond acceptors (Lipinski definition) is 3. The number of aromatic nitrogens is 1. The van der Waals surface area contributed by atoms with Crippen LogP contribution in [0.25, 0.3) is 17.3 Å². The van der Waals surface area contributed by atoms with E-state index in [1.165, 1.54) is 5.57 Å². The molecule has 1 aromatic carbocycles. The van der Waals surface area contributed by atoms with E-state index < -0.39 is 5.97 Å². The van der Waals surface area contributed by atoms with E-state index in [2.05, 4.69) is 11.6 Å². The van der Waals surface area contributed by atoms with Gasteiger partial charge in [0.05, 0.1) is 11.8 Å². The molecule has 1 saturated carbocycles. The lowest BCUT2D eigenvalue weighted by Gasteiger charge is -2.17. The molecule has 0 atom stereocenters. The van der Waals surface area contributed by atoms with Crippen molar-refractivity contribution in [3.05, 3.63) is 72.0 Å². The van der Waals surface area contributed by atoms with Crippen molar-refractivity contribution in [3.63, 3.8) is 0 Å². The molecule has 0 bridgehead atoms. The number of nitrogens with zero attached hydrogens (tertiary/aromatic N) is 1. The lowest BCUT2D eigenvalue weighted by molar-refractivity contribution is -0.131. The van der Waals surface area contributed by atoms with E-state index in [0.717, 1.165) is 54.3 Å². The van der Waals surface area contributed by atoms with Crippen LogP contribution in [0.1, 0.15) is 36.9 Å². The van der Waals surface area contributed by atoms with Gasteiger partial charge in [0.1, 0.15) is 0 Å². The average Bonchev–Trinajstić information content (AvgIpc) is 2.63. The topological polar surface area (TPSA) is 70.4 Å². The smallest absolute Gasteiger partial charge is 0.328 e. The molecule has 2 aromatic rings. The highest BCUT2D eigenvalue weighted by Gasteiger charge is 2.10. The van der Waals surface area contributed by atoms with E-state index in [9.17, 15) is 4.79 Å². The summed E-state index contributed by atoms with van der Waals surface area (Å²) in [6.07, 6.45) is 6.57. The van der Waals surface area contributed by atoms with Crippen LogP contribution in [0.4, 0.5) is 0 Å². The zero-order chi connectivity index (χ0) is 18.9. The fraction of sp³-hybridized carbons (Fsp3) is 0.273. The van der Waals surface area contributed by atoms with E-state index in [4.69, 9.17) is 10.2 Å². The van der Waals surface area contributed by atoms with Gasteiger partial charge in [-0.2, -0.15) is 0 Å². The van der Waals surface area contributed by atoms with Crippen molar-refractivity contribution < 1.29 is 15.0 Å². The number of aliphatic carboxylic acids is 1. The maximum atomic E-state index is 10.5. The normalized spacial score (nSPS) is 14.8. The van der Waals surface area contributed by atoms with Crippen LogP contribution in [0.5, 0.6) is 0 Å². The lowest BCUT2D eigenvalue weighted by Crippen LogP contribution is -2.11. The number of hydrogen-bond donors (Lipinski definition) is 2. The highest BCUT2D eigenvalue weighted by atomic mass is 16.4. The second-order valence-electron chi connectivity index (χ2n) is 6.44. The summed E-state index contributed by atoms with van der Waals surface area (Å²) in [5.41, 5.74) is 4.97. The standard InChI is InChI=1S/C15H13NO2.C7H12O/c1-11-4-2-7-14(16-11)13-6-3-5-12(10-13)8-9-15(17)18;1-6-2-4-7(8)5-3-6/h2-10H,1H3,(H,17,18);7-8H,1-5H2/b9-8+;. The fourth-order valence-electron chi connectivity index (χ4n) is 2.68. The van der Waals surface area contributed by atoms with Crippen molar-refractivity contribution in [1.29, 1.82) is 0 Å². The zero-order valence-corrected chi connectivity index (χ0v) is 15.1. The Morgan fingerprint density at radius 2 is 1.88 bits per heavy atom. The van der Waals surface area contributed by atoms with Gasteiger partial charge < -0.3 is 10.2 Å². The summed E-state index contributed by atoms with van der Waals surface area (Å²) < 4.78 is 0. The van der Waals surface area contributed by atoms with Gasteiger partial charge in [-0.3, -0.25) is 4.98 Å². The highest BCUT2D eigenvalue weighted by Crippen LogP contribution is 2.21. The molecule has 1 heterocycles. The molecule has 0 aliphatic heterocycles. The zero-order valence-electron chi connectivity index (χ0n) is 15.1. The minimum atomic E-state index is -0.950. The molecule has 4 nitrogen and oxygen atoms in total. The number of allylic oxidation sites excluding steroid dienone is 1. The number of aliphatic hydroxyl groups is 1. The molecule has 0 spiro atoms. The Bertz CT molecular complexity index is 785. The van der Waals surface area contributed by atoms with E-state index >= 15 is 0 Å². The molecule has 1 aliphatic carbocycles. The maximum Gasteiger partial charge on any atom is 0.328 e. The minimum Gasteiger partial charge on any atom is -0.478 e. The SMILES string of the molecule is C=C1CCC(O)CC1.Cc1cccc(-c2cccc(/C=C/C(=O)O)c2)n1. The number of carbonyl (C=O) groups is 1. The first-order chi connectivity index (χ1) is 12.4. The van der Waals surface area contributed by atoms with Gasteiger partial charge in [0.25, 0.3) is 0 Å². The molecule has 0 amide bonds. The van der Waals surface area contributed by atoms with Gasteiger partial charge in [0.15, 0.2) is 0 Å². The van der Waals surface area contributed by atoms with E-state index in [1.807, 2.05) is 49.4 Å². The van der Waals surface area contributed by atoms with Crippen molar-refractivity contribution in [2.24, 2.45) is 0 Å². The molecule has 1 fully saturated rings. The summed E-state index contributed by atoms with van der Waals surface area (Å²) in [5.74, 6) is -0.950. The van der Waals surface area contributed by atoms with E-state index in [-0.39, 0.29) is 6.10 Å². The molecule has 2 N–H and O–H groups in total. The maximum absolute atomic E-state index is 10.5. The molecule has 26 heavy (non-hydrogen) atoms. The van der Waals surface area contributed by atoms with Gasteiger partial charge in [-0.25, -0.2) is 4.79 Å². The Morgan fingerprint density at radius 1 is 1.19 bits per heavy atom. The van der Waals surface area contributed by atoms with Crippen LogP contribution in [-0.2, 0) is 4.79 Å². The molecular weight excluding hydrogens is 326 g/mol.